The minimum atomic E-state index is -0.553. The van der Waals surface area contributed by atoms with Crippen LogP contribution in [0.5, 0.6) is 0 Å². The Morgan fingerprint density at radius 2 is 1.80 bits per heavy atom. The normalized spacial score (nSPS) is 15.7. The molecule has 128 valence electrons. The van der Waals surface area contributed by atoms with Crippen LogP contribution in [0.4, 0.5) is 5.69 Å². The highest BCUT2D eigenvalue weighted by atomic mass is 35.5. The molecule has 0 unspecified atom stereocenters. The monoisotopic (exact) mass is 375 g/mol. The zero-order chi connectivity index (χ0) is 17.8. The third kappa shape index (κ3) is 4.32. The van der Waals surface area contributed by atoms with Gasteiger partial charge in [0, 0.05) is 21.9 Å². The highest BCUT2D eigenvalue weighted by molar-refractivity contribution is 8.01. The summed E-state index contributed by atoms with van der Waals surface area (Å²) < 4.78 is 0. The van der Waals surface area contributed by atoms with Crippen molar-refractivity contribution in [3.63, 3.8) is 0 Å². The minimum Gasteiger partial charge on any atom is -0.324 e. The lowest BCUT2D eigenvalue weighted by Crippen LogP contribution is -2.44. The molecule has 6 nitrogen and oxygen atoms in total. The molecule has 0 aliphatic carbocycles. The topological polar surface area (TPSA) is 87.3 Å². The lowest BCUT2D eigenvalue weighted by Gasteiger charge is -2.23. The van der Waals surface area contributed by atoms with E-state index in [0.717, 1.165) is 10.6 Å². The Morgan fingerprint density at radius 1 is 1.08 bits per heavy atom. The number of hydrogen-bond donors (Lipinski definition) is 3. The molecule has 3 rings (SSSR count). The van der Waals surface area contributed by atoms with E-state index in [4.69, 9.17) is 11.6 Å². The molecule has 0 saturated heterocycles. The fourth-order valence-electron chi connectivity index (χ4n) is 2.25. The van der Waals surface area contributed by atoms with Crippen molar-refractivity contribution in [2.24, 2.45) is 0 Å². The second-order valence-corrected chi connectivity index (χ2v) is 6.99. The summed E-state index contributed by atoms with van der Waals surface area (Å²) in [5.41, 5.74) is 5.75. The van der Waals surface area contributed by atoms with E-state index in [9.17, 15) is 14.4 Å². The fraction of sp³-hybridized carbons (Fsp3) is 0.118. The molecule has 0 fully saturated rings. The predicted octanol–water partition coefficient (Wildman–Crippen LogP) is 2.60. The molecule has 3 N–H and O–H groups in total. The summed E-state index contributed by atoms with van der Waals surface area (Å²) in [6.45, 7) is 0. The maximum absolute atomic E-state index is 12.1. The Bertz CT molecular complexity index is 826. The Kier molecular flexibility index (Phi) is 5.25. The van der Waals surface area contributed by atoms with E-state index in [1.165, 1.54) is 11.8 Å². The maximum Gasteiger partial charge on any atom is 0.269 e. The van der Waals surface area contributed by atoms with Crippen LogP contribution >= 0.6 is 23.4 Å². The third-order valence-electron chi connectivity index (χ3n) is 3.50. The van der Waals surface area contributed by atoms with Crippen molar-refractivity contribution >= 4 is 46.8 Å². The van der Waals surface area contributed by atoms with Gasteiger partial charge in [-0.15, -0.1) is 11.8 Å². The first kappa shape index (κ1) is 17.3. The molecule has 0 bridgehead atoms. The summed E-state index contributed by atoms with van der Waals surface area (Å²) in [5, 5.41) is 2.73. The Morgan fingerprint density at radius 3 is 2.56 bits per heavy atom. The molecule has 0 radical (unpaired) electrons. The average Bonchev–Trinajstić information content (AvgIpc) is 2.61. The van der Waals surface area contributed by atoms with Gasteiger partial charge in [0.15, 0.2) is 0 Å². The number of hydrazine groups is 1. The highest BCUT2D eigenvalue weighted by Gasteiger charge is 2.28. The number of carbonyl (C=O) groups excluding carboxylic acids is 3. The van der Waals surface area contributed by atoms with E-state index >= 15 is 0 Å². The smallest absolute Gasteiger partial charge is 0.269 e. The molecule has 3 amide bonds. The molecule has 1 heterocycles. The molecule has 0 aromatic heterocycles. The number of rotatable bonds is 3. The SMILES string of the molecule is O=C(C[C@H]1Sc2ccccc2NC1=O)NNC(=O)c1ccc(Cl)cc1. The van der Waals surface area contributed by atoms with Crippen molar-refractivity contribution in [3.8, 4) is 0 Å². The molecule has 1 aliphatic rings. The molecule has 2 aromatic rings. The van der Waals surface area contributed by atoms with Crippen molar-refractivity contribution in [2.75, 3.05) is 5.32 Å². The van der Waals surface area contributed by atoms with E-state index in [1.807, 2.05) is 24.3 Å². The van der Waals surface area contributed by atoms with Crippen LogP contribution < -0.4 is 16.2 Å². The Labute approximate surface area is 153 Å². The van der Waals surface area contributed by atoms with Gasteiger partial charge in [0.2, 0.25) is 11.8 Å². The third-order valence-corrected chi connectivity index (χ3v) is 5.03. The van der Waals surface area contributed by atoms with Crippen molar-refractivity contribution in [2.45, 2.75) is 16.6 Å². The quantitative estimate of drug-likeness (QED) is 0.719. The Hall–Kier alpha value is -2.51. The van der Waals surface area contributed by atoms with Gasteiger partial charge in [-0.05, 0) is 36.4 Å². The van der Waals surface area contributed by atoms with Crippen LogP contribution in [0.2, 0.25) is 5.02 Å². The van der Waals surface area contributed by atoms with Gasteiger partial charge >= 0.3 is 0 Å². The molecular formula is C17H14ClN3O3S. The maximum atomic E-state index is 12.1. The van der Waals surface area contributed by atoms with Crippen molar-refractivity contribution < 1.29 is 14.4 Å². The summed E-state index contributed by atoms with van der Waals surface area (Å²) in [7, 11) is 0. The highest BCUT2D eigenvalue weighted by Crippen LogP contribution is 2.36. The van der Waals surface area contributed by atoms with Gasteiger partial charge in [0.25, 0.3) is 5.91 Å². The van der Waals surface area contributed by atoms with E-state index in [-0.39, 0.29) is 12.3 Å². The van der Waals surface area contributed by atoms with Crippen LogP contribution in [-0.4, -0.2) is 23.0 Å². The minimum absolute atomic E-state index is 0.0499. The van der Waals surface area contributed by atoms with E-state index < -0.39 is 17.1 Å². The number of benzene rings is 2. The standard InChI is InChI=1S/C17H14ClN3O3S/c18-11-7-5-10(6-8-11)16(23)21-20-15(22)9-14-17(24)19-12-3-1-2-4-13(12)25-14/h1-8,14H,9H2,(H,19,24)(H,20,22)(H,21,23)/t14-/m1/s1. The van der Waals surface area contributed by atoms with E-state index in [1.54, 1.807) is 24.3 Å². The Balaban J connectivity index is 1.53. The first-order chi connectivity index (χ1) is 12.0. The van der Waals surface area contributed by atoms with Crippen molar-refractivity contribution in [1.29, 1.82) is 0 Å². The number of carbonyl (C=O) groups is 3. The summed E-state index contributed by atoms with van der Waals surface area (Å²) in [6.07, 6.45) is -0.0499. The number of amides is 3. The van der Waals surface area contributed by atoms with Gasteiger partial charge in [0.1, 0.15) is 0 Å². The average molecular weight is 376 g/mol. The first-order valence-electron chi connectivity index (χ1n) is 7.44. The first-order valence-corrected chi connectivity index (χ1v) is 8.70. The number of fused-ring (bicyclic) bond motifs is 1. The van der Waals surface area contributed by atoms with Gasteiger partial charge < -0.3 is 5.32 Å². The van der Waals surface area contributed by atoms with Crippen LogP contribution in [0.15, 0.2) is 53.4 Å². The number of nitrogens with one attached hydrogen (secondary N) is 3. The number of anilines is 1. The fourth-order valence-corrected chi connectivity index (χ4v) is 3.48. The predicted molar refractivity (Wildman–Crippen MR) is 96.4 cm³/mol. The summed E-state index contributed by atoms with van der Waals surface area (Å²) >= 11 is 7.09. The van der Waals surface area contributed by atoms with Crippen LogP contribution in [0, 0.1) is 0 Å². The van der Waals surface area contributed by atoms with Crippen molar-refractivity contribution in [1.82, 2.24) is 10.9 Å². The van der Waals surface area contributed by atoms with Crippen LogP contribution in [0.3, 0.4) is 0 Å². The van der Waals surface area contributed by atoms with E-state index in [2.05, 4.69) is 16.2 Å². The summed E-state index contributed by atoms with van der Waals surface area (Å²) in [4.78, 5) is 36.9. The molecule has 25 heavy (non-hydrogen) atoms. The molecule has 8 heteroatoms. The molecule has 1 atom stereocenters. The number of halogens is 1. The summed E-state index contributed by atoms with van der Waals surface area (Å²) in [5.74, 6) is -1.15. The van der Waals surface area contributed by atoms with Crippen molar-refractivity contribution in [3.05, 3.63) is 59.1 Å². The van der Waals surface area contributed by atoms with Gasteiger partial charge in [0.05, 0.1) is 10.9 Å². The zero-order valence-electron chi connectivity index (χ0n) is 12.9. The van der Waals surface area contributed by atoms with Crippen LogP contribution in [0.1, 0.15) is 16.8 Å². The van der Waals surface area contributed by atoms with Gasteiger partial charge in [-0.3, -0.25) is 25.2 Å². The number of hydrogen-bond acceptors (Lipinski definition) is 4. The zero-order valence-corrected chi connectivity index (χ0v) is 14.5. The lowest BCUT2D eigenvalue weighted by molar-refractivity contribution is -0.124. The van der Waals surface area contributed by atoms with Crippen LogP contribution in [-0.2, 0) is 9.59 Å². The molecule has 0 spiro atoms. The second-order valence-electron chi connectivity index (χ2n) is 5.31. The largest absolute Gasteiger partial charge is 0.324 e. The lowest BCUT2D eigenvalue weighted by atomic mass is 10.2. The number of thioether (sulfide) groups is 1. The van der Waals surface area contributed by atoms with Gasteiger partial charge in [-0.25, -0.2) is 0 Å². The molecular weight excluding hydrogens is 362 g/mol. The molecule has 2 aromatic carbocycles. The van der Waals surface area contributed by atoms with Crippen LogP contribution in [0.25, 0.3) is 0 Å². The second kappa shape index (κ2) is 7.58. The van der Waals surface area contributed by atoms with Gasteiger partial charge in [-0.2, -0.15) is 0 Å². The summed E-state index contributed by atoms with van der Waals surface area (Å²) in [6, 6.07) is 13.6. The van der Waals surface area contributed by atoms with Gasteiger partial charge in [-0.1, -0.05) is 23.7 Å². The molecule has 0 saturated carbocycles. The molecule has 1 aliphatic heterocycles. The number of para-hydroxylation sites is 1. The van der Waals surface area contributed by atoms with E-state index in [0.29, 0.717) is 10.6 Å².